The maximum atomic E-state index is 11.9. The summed E-state index contributed by atoms with van der Waals surface area (Å²) in [5, 5.41) is 3.00. The minimum Gasteiger partial charge on any atom is -0.469 e. The summed E-state index contributed by atoms with van der Waals surface area (Å²) in [6.07, 6.45) is 4.06. The van der Waals surface area contributed by atoms with Gasteiger partial charge in [0.1, 0.15) is 5.76 Å². The Hall–Kier alpha value is -1.33. The number of hydrogen-bond donors (Lipinski definition) is 1. The SMILES string of the molecule is CN1CCN(C)C(CC(=O)NCCCc2ccco2)C1. The summed E-state index contributed by atoms with van der Waals surface area (Å²) in [5.74, 6) is 1.13. The number of nitrogens with zero attached hydrogens (tertiary/aromatic N) is 2. The second kappa shape index (κ2) is 7.45. The summed E-state index contributed by atoms with van der Waals surface area (Å²) in [7, 11) is 4.21. The topological polar surface area (TPSA) is 48.7 Å². The lowest BCUT2D eigenvalue weighted by atomic mass is 10.1. The lowest BCUT2D eigenvalue weighted by molar-refractivity contribution is -0.122. The highest BCUT2D eigenvalue weighted by molar-refractivity contribution is 5.76. The summed E-state index contributed by atoms with van der Waals surface area (Å²) in [6.45, 7) is 3.80. The molecule has 0 radical (unpaired) electrons. The van der Waals surface area contributed by atoms with Crippen molar-refractivity contribution >= 4 is 5.91 Å². The molecule has 20 heavy (non-hydrogen) atoms. The molecule has 2 heterocycles. The fraction of sp³-hybridized carbons (Fsp3) is 0.667. The number of nitrogens with one attached hydrogen (secondary N) is 1. The molecule has 112 valence electrons. The molecule has 1 N–H and O–H groups in total. The summed E-state index contributed by atoms with van der Waals surface area (Å²) >= 11 is 0. The number of carbonyl (C=O) groups is 1. The Morgan fingerprint density at radius 2 is 2.30 bits per heavy atom. The van der Waals surface area contributed by atoms with Crippen LogP contribution in [0.2, 0.25) is 0 Å². The largest absolute Gasteiger partial charge is 0.469 e. The molecule has 5 heteroatoms. The van der Waals surface area contributed by atoms with Crippen molar-refractivity contribution in [2.45, 2.75) is 25.3 Å². The zero-order valence-electron chi connectivity index (χ0n) is 12.5. The number of piperazine rings is 1. The summed E-state index contributed by atoms with van der Waals surface area (Å²) in [5.41, 5.74) is 0. The van der Waals surface area contributed by atoms with Crippen LogP contribution in [0.5, 0.6) is 0 Å². The van der Waals surface area contributed by atoms with Crippen molar-refractivity contribution in [3.63, 3.8) is 0 Å². The van der Waals surface area contributed by atoms with Crippen LogP contribution in [0.25, 0.3) is 0 Å². The highest BCUT2D eigenvalue weighted by Crippen LogP contribution is 2.09. The predicted octanol–water partition coefficient (Wildman–Crippen LogP) is 0.964. The number of aryl methyl sites for hydroxylation is 1. The number of furan rings is 1. The van der Waals surface area contributed by atoms with Gasteiger partial charge in [-0.3, -0.25) is 4.79 Å². The van der Waals surface area contributed by atoms with E-state index in [1.54, 1.807) is 6.26 Å². The molecule has 0 spiro atoms. The number of likely N-dealkylation sites (N-methyl/N-ethyl adjacent to an activating group) is 2. The minimum atomic E-state index is 0.150. The van der Waals surface area contributed by atoms with E-state index in [0.717, 1.165) is 38.2 Å². The van der Waals surface area contributed by atoms with E-state index in [2.05, 4.69) is 29.2 Å². The second-order valence-electron chi connectivity index (χ2n) is 5.63. The molecule has 1 fully saturated rings. The average molecular weight is 279 g/mol. The standard InChI is InChI=1S/C15H25N3O2/c1-17-8-9-18(2)13(12-17)11-15(19)16-7-3-5-14-6-4-10-20-14/h4,6,10,13H,3,5,7-9,11-12H2,1-2H3,(H,16,19). The molecule has 1 unspecified atom stereocenters. The molecular weight excluding hydrogens is 254 g/mol. The molecule has 1 aliphatic heterocycles. The molecule has 2 rings (SSSR count). The quantitative estimate of drug-likeness (QED) is 0.788. The first kappa shape index (κ1) is 15.1. The smallest absolute Gasteiger partial charge is 0.221 e. The fourth-order valence-corrected chi connectivity index (χ4v) is 2.55. The number of amides is 1. The molecule has 1 aliphatic rings. The van der Waals surface area contributed by atoms with Crippen LogP contribution in [0.15, 0.2) is 22.8 Å². The Kier molecular flexibility index (Phi) is 5.61. The highest BCUT2D eigenvalue weighted by atomic mass is 16.3. The molecule has 0 aromatic carbocycles. The molecule has 1 saturated heterocycles. The van der Waals surface area contributed by atoms with Crippen molar-refractivity contribution in [1.82, 2.24) is 15.1 Å². The number of carbonyl (C=O) groups excluding carboxylic acids is 1. The third-order valence-electron chi connectivity index (χ3n) is 3.90. The third kappa shape index (κ3) is 4.65. The summed E-state index contributed by atoms with van der Waals surface area (Å²) in [4.78, 5) is 16.5. The second-order valence-corrected chi connectivity index (χ2v) is 5.63. The first-order chi connectivity index (χ1) is 9.65. The van der Waals surface area contributed by atoms with Crippen molar-refractivity contribution in [1.29, 1.82) is 0 Å². The molecule has 1 aromatic rings. The van der Waals surface area contributed by atoms with Gasteiger partial charge in [0.15, 0.2) is 0 Å². The third-order valence-corrected chi connectivity index (χ3v) is 3.90. The van der Waals surface area contributed by atoms with Crippen LogP contribution in [0.4, 0.5) is 0 Å². The van der Waals surface area contributed by atoms with E-state index in [4.69, 9.17) is 4.42 Å². The Morgan fingerprint density at radius 3 is 3.05 bits per heavy atom. The average Bonchev–Trinajstić information content (AvgIpc) is 2.92. The monoisotopic (exact) mass is 279 g/mol. The van der Waals surface area contributed by atoms with Gasteiger partial charge in [-0.25, -0.2) is 0 Å². The Balaban J connectivity index is 1.62. The van der Waals surface area contributed by atoms with Crippen LogP contribution >= 0.6 is 0 Å². The normalized spacial score (nSPS) is 21.0. The van der Waals surface area contributed by atoms with Gasteiger partial charge in [0.25, 0.3) is 0 Å². The van der Waals surface area contributed by atoms with Crippen LogP contribution in [0, 0.1) is 0 Å². The maximum Gasteiger partial charge on any atom is 0.221 e. The first-order valence-electron chi connectivity index (χ1n) is 7.33. The van der Waals surface area contributed by atoms with Gasteiger partial charge in [-0.05, 0) is 32.6 Å². The fourth-order valence-electron chi connectivity index (χ4n) is 2.55. The van der Waals surface area contributed by atoms with Crippen molar-refractivity contribution < 1.29 is 9.21 Å². The van der Waals surface area contributed by atoms with Gasteiger partial charge in [0.2, 0.25) is 5.91 Å². The van der Waals surface area contributed by atoms with Gasteiger partial charge in [-0.1, -0.05) is 0 Å². The van der Waals surface area contributed by atoms with E-state index in [-0.39, 0.29) is 5.91 Å². The van der Waals surface area contributed by atoms with Gasteiger partial charge in [0, 0.05) is 45.1 Å². The van der Waals surface area contributed by atoms with Crippen LogP contribution in [0.1, 0.15) is 18.6 Å². The van der Waals surface area contributed by atoms with Crippen LogP contribution in [-0.4, -0.2) is 62.0 Å². The molecule has 5 nitrogen and oxygen atoms in total. The molecule has 0 saturated carbocycles. The zero-order chi connectivity index (χ0) is 14.4. The molecule has 0 aliphatic carbocycles. The number of rotatable bonds is 6. The minimum absolute atomic E-state index is 0.150. The van der Waals surface area contributed by atoms with Gasteiger partial charge >= 0.3 is 0 Å². The van der Waals surface area contributed by atoms with Gasteiger partial charge in [-0.15, -0.1) is 0 Å². The molecule has 1 aromatic heterocycles. The van der Waals surface area contributed by atoms with Crippen molar-refractivity contribution in [2.75, 3.05) is 40.3 Å². The van der Waals surface area contributed by atoms with Crippen molar-refractivity contribution in [3.05, 3.63) is 24.2 Å². The van der Waals surface area contributed by atoms with E-state index in [9.17, 15) is 4.79 Å². The zero-order valence-corrected chi connectivity index (χ0v) is 12.5. The van der Waals surface area contributed by atoms with Gasteiger partial charge < -0.3 is 19.5 Å². The van der Waals surface area contributed by atoms with Crippen LogP contribution in [-0.2, 0) is 11.2 Å². The van der Waals surface area contributed by atoms with Crippen molar-refractivity contribution in [2.24, 2.45) is 0 Å². The lowest BCUT2D eigenvalue weighted by Gasteiger charge is -2.37. The van der Waals surface area contributed by atoms with E-state index in [1.807, 2.05) is 12.1 Å². The molecule has 1 amide bonds. The Labute approximate surface area is 120 Å². The van der Waals surface area contributed by atoms with E-state index < -0.39 is 0 Å². The molecular formula is C15H25N3O2. The van der Waals surface area contributed by atoms with E-state index >= 15 is 0 Å². The Morgan fingerprint density at radius 1 is 1.45 bits per heavy atom. The number of hydrogen-bond acceptors (Lipinski definition) is 4. The van der Waals surface area contributed by atoms with Gasteiger partial charge in [-0.2, -0.15) is 0 Å². The summed E-state index contributed by atoms with van der Waals surface area (Å²) in [6, 6.07) is 4.19. The van der Waals surface area contributed by atoms with Crippen LogP contribution in [0.3, 0.4) is 0 Å². The Bertz CT molecular complexity index is 405. The molecule has 1 atom stereocenters. The van der Waals surface area contributed by atoms with E-state index in [1.165, 1.54) is 0 Å². The molecule has 0 bridgehead atoms. The summed E-state index contributed by atoms with van der Waals surface area (Å²) < 4.78 is 5.26. The van der Waals surface area contributed by atoms with E-state index in [0.29, 0.717) is 19.0 Å². The predicted molar refractivity (Wildman–Crippen MR) is 78.6 cm³/mol. The van der Waals surface area contributed by atoms with Crippen LogP contribution < -0.4 is 5.32 Å². The lowest BCUT2D eigenvalue weighted by Crippen LogP contribution is -2.51. The first-order valence-corrected chi connectivity index (χ1v) is 7.33. The van der Waals surface area contributed by atoms with Gasteiger partial charge in [0.05, 0.1) is 6.26 Å². The highest BCUT2D eigenvalue weighted by Gasteiger charge is 2.24. The van der Waals surface area contributed by atoms with Crippen molar-refractivity contribution in [3.8, 4) is 0 Å². The maximum absolute atomic E-state index is 11.9.